The van der Waals surface area contributed by atoms with Gasteiger partial charge in [0.1, 0.15) is 0 Å². The molecule has 1 unspecified atom stereocenters. The highest BCUT2D eigenvalue weighted by Crippen LogP contribution is 2.25. The molecule has 7 nitrogen and oxygen atoms in total. The fourth-order valence-electron chi connectivity index (χ4n) is 3.77. The van der Waals surface area contributed by atoms with Crippen molar-refractivity contribution in [3.8, 4) is 0 Å². The van der Waals surface area contributed by atoms with Crippen LogP contribution in [0, 0.1) is 11.8 Å². The van der Waals surface area contributed by atoms with Gasteiger partial charge in [-0.25, -0.2) is 4.79 Å². The monoisotopic (exact) mass is 417 g/mol. The molecule has 1 aliphatic rings. The summed E-state index contributed by atoms with van der Waals surface area (Å²) in [5, 5.41) is 8.62. The van der Waals surface area contributed by atoms with E-state index < -0.39 is 6.09 Å². The maximum absolute atomic E-state index is 12.6. The third-order valence-corrected chi connectivity index (χ3v) is 5.23. The lowest BCUT2D eigenvalue weighted by Gasteiger charge is -2.21. The van der Waals surface area contributed by atoms with Crippen LogP contribution in [0.3, 0.4) is 0 Å². The van der Waals surface area contributed by atoms with Gasteiger partial charge in [0.2, 0.25) is 5.91 Å². The van der Waals surface area contributed by atoms with Crippen LogP contribution in [0.1, 0.15) is 69.7 Å². The molecule has 30 heavy (non-hydrogen) atoms. The Morgan fingerprint density at radius 2 is 1.87 bits per heavy atom. The predicted molar refractivity (Wildman–Crippen MR) is 117 cm³/mol. The van der Waals surface area contributed by atoms with Gasteiger partial charge in [0, 0.05) is 29.8 Å². The summed E-state index contributed by atoms with van der Waals surface area (Å²) in [4.78, 5) is 36.8. The van der Waals surface area contributed by atoms with Crippen molar-refractivity contribution < 1.29 is 19.1 Å². The Balaban J connectivity index is 1.92. The van der Waals surface area contributed by atoms with Crippen molar-refractivity contribution in [2.24, 2.45) is 11.8 Å². The molecule has 1 aromatic rings. The molecule has 2 rings (SSSR count). The summed E-state index contributed by atoms with van der Waals surface area (Å²) in [6.07, 6.45) is 5.48. The van der Waals surface area contributed by atoms with Gasteiger partial charge in [-0.2, -0.15) is 0 Å². The summed E-state index contributed by atoms with van der Waals surface area (Å²) >= 11 is 0. The van der Waals surface area contributed by atoms with Gasteiger partial charge < -0.3 is 20.7 Å². The van der Waals surface area contributed by atoms with Crippen molar-refractivity contribution in [3.05, 3.63) is 29.8 Å². The van der Waals surface area contributed by atoms with E-state index in [0.29, 0.717) is 30.3 Å². The van der Waals surface area contributed by atoms with Crippen LogP contribution in [0.15, 0.2) is 24.3 Å². The van der Waals surface area contributed by atoms with E-state index in [1.54, 1.807) is 31.2 Å². The lowest BCUT2D eigenvalue weighted by Crippen LogP contribution is -2.44. The summed E-state index contributed by atoms with van der Waals surface area (Å²) in [6, 6.07) is 6.73. The van der Waals surface area contributed by atoms with E-state index in [2.05, 4.69) is 29.8 Å². The van der Waals surface area contributed by atoms with Gasteiger partial charge >= 0.3 is 6.09 Å². The Morgan fingerprint density at radius 3 is 2.53 bits per heavy atom. The number of amides is 3. The van der Waals surface area contributed by atoms with Crippen LogP contribution in [0.4, 0.5) is 10.5 Å². The van der Waals surface area contributed by atoms with Gasteiger partial charge in [-0.3, -0.25) is 9.59 Å². The molecule has 0 heterocycles. The highest BCUT2D eigenvalue weighted by atomic mass is 16.5. The van der Waals surface area contributed by atoms with Gasteiger partial charge in [-0.15, -0.1) is 0 Å². The first-order chi connectivity index (χ1) is 14.4. The normalized spacial score (nSPS) is 15.3. The van der Waals surface area contributed by atoms with Crippen LogP contribution in [-0.4, -0.2) is 37.1 Å². The zero-order chi connectivity index (χ0) is 21.9. The zero-order valence-electron chi connectivity index (χ0n) is 18.3. The summed E-state index contributed by atoms with van der Waals surface area (Å²) in [5.41, 5.74) is 1.09. The first-order valence-corrected chi connectivity index (χ1v) is 11.0. The minimum atomic E-state index is -0.482. The highest BCUT2D eigenvalue weighted by molar-refractivity contribution is 5.97. The van der Waals surface area contributed by atoms with Crippen LogP contribution in [0.25, 0.3) is 0 Å². The fraction of sp³-hybridized carbons (Fsp3) is 0.609. The molecule has 3 amide bonds. The Morgan fingerprint density at radius 1 is 1.13 bits per heavy atom. The number of carbonyl (C=O) groups is 3. The average molecular weight is 418 g/mol. The first-order valence-electron chi connectivity index (χ1n) is 11.0. The van der Waals surface area contributed by atoms with Gasteiger partial charge in [0.25, 0.3) is 5.91 Å². The highest BCUT2D eigenvalue weighted by Gasteiger charge is 2.21. The van der Waals surface area contributed by atoms with Crippen LogP contribution >= 0.6 is 0 Å². The number of alkyl carbamates (subject to hydrolysis) is 1. The number of carbonyl (C=O) groups excluding carboxylic acids is 3. The third kappa shape index (κ3) is 8.05. The van der Waals surface area contributed by atoms with Crippen molar-refractivity contribution in [2.45, 2.75) is 65.3 Å². The first kappa shape index (κ1) is 23.7. The zero-order valence-corrected chi connectivity index (χ0v) is 18.3. The largest absolute Gasteiger partial charge is 0.450 e. The Bertz CT molecular complexity index is 714. The molecule has 1 atom stereocenters. The Hall–Kier alpha value is -2.57. The van der Waals surface area contributed by atoms with Crippen molar-refractivity contribution in [2.75, 3.05) is 18.5 Å². The van der Waals surface area contributed by atoms with Crippen molar-refractivity contribution in [3.63, 3.8) is 0 Å². The maximum Gasteiger partial charge on any atom is 0.407 e. The second kappa shape index (κ2) is 12.2. The van der Waals surface area contributed by atoms with Crippen molar-refractivity contribution >= 4 is 23.6 Å². The van der Waals surface area contributed by atoms with Crippen LogP contribution in [-0.2, 0) is 9.53 Å². The van der Waals surface area contributed by atoms with Crippen LogP contribution in [0.5, 0.6) is 0 Å². The number of hydrogen-bond donors (Lipinski definition) is 3. The number of hydrogen-bond acceptors (Lipinski definition) is 4. The van der Waals surface area contributed by atoms with Gasteiger partial charge in [0.05, 0.1) is 6.61 Å². The average Bonchev–Trinajstić information content (AvgIpc) is 2.72. The lowest BCUT2D eigenvalue weighted by molar-refractivity contribution is -0.120. The molecule has 0 radical (unpaired) electrons. The molecule has 3 N–H and O–H groups in total. The van der Waals surface area contributed by atoms with Crippen LogP contribution in [0.2, 0.25) is 0 Å². The van der Waals surface area contributed by atoms with Crippen LogP contribution < -0.4 is 16.0 Å². The summed E-state index contributed by atoms with van der Waals surface area (Å²) in [6.45, 7) is 6.46. The lowest BCUT2D eigenvalue weighted by atomic mass is 9.88. The Labute approximate surface area is 179 Å². The molecule has 1 aliphatic carbocycles. The quantitative estimate of drug-likeness (QED) is 0.564. The molecule has 7 heteroatoms. The molecule has 1 fully saturated rings. The van der Waals surface area contributed by atoms with E-state index in [0.717, 1.165) is 32.1 Å². The number of nitrogens with one attached hydrogen (secondary N) is 3. The second-order valence-corrected chi connectivity index (χ2v) is 8.31. The number of rotatable bonds is 9. The SMILES string of the molecule is CCOC(=O)NC(CNC(=O)c1cccc(NC(=O)C2CCCCC2)c1)CC(C)C. The minimum absolute atomic E-state index is 0.0305. The fourth-order valence-corrected chi connectivity index (χ4v) is 3.77. The van der Waals surface area contributed by atoms with Gasteiger partial charge in [-0.05, 0) is 50.3 Å². The molecule has 1 aromatic carbocycles. The molecular formula is C23H35N3O4. The van der Waals surface area contributed by atoms with E-state index in [9.17, 15) is 14.4 Å². The van der Waals surface area contributed by atoms with Crippen molar-refractivity contribution in [1.29, 1.82) is 0 Å². The van der Waals surface area contributed by atoms with Crippen molar-refractivity contribution in [1.82, 2.24) is 10.6 Å². The second-order valence-electron chi connectivity index (χ2n) is 8.31. The number of ether oxygens (including phenoxy) is 1. The molecule has 0 aromatic heterocycles. The van der Waals surface area contributed by atoms with E-state index in [4.69, 9.17) is 4.74 Å². The maximum atomic E-state index is 12.6. The standard InChI is InChI=1S/C23H35N3O4/c1-4-30-23(29)26-20(13-16(2)3)15-24-21(27)18-11-8-12-19(14-18)25-22(28)17-9-6-5-7-10-17/h8,11-12,14,16-17,20H,4-7,9-10,13,15H2,1-3H3,(H,24,27)(H,25,28)(H,26,29). The topological polar surface area (TPSA) is 96.5 Å². The summed E-state index contributed by atoms with van der Waals surface area (Å²) in [5.74, 6) is 0.195. The Kier molecular flexibility index (Phi) is 9.64. The molecule has 1 saturated carbocycles. The van der Waals surface area contributed by atoms with E-state index >= 15 is 0 Å². The van der Waals surface area contributed by atoms with E-state index in [-0.39, 0.29) is 23.8 Å². The molecular weight excluding hydrogens is 382 g/mol. The third-order valence-electron chi connectivity index (χ3n) is 5.23. The van der Waals surface area contributed by atoms with Gasteiger partial charge in [-0.1, -0.05) is 39.2 Å². The van der Waals surface area contributed by atoms with Gasteiger partial charge in [0.15, 0.2) is 0 Å². The summed E-state index contributed by atoms with van der Waals surface area (Å²) < 4.78 is 4.95. The molecule has 166 valence electrons. The summed E-state index contributed by atoms with van der Waals surface area (Å²) in [7, 11) is 0. The molecule has 0 spiro atoms. The van der Waals surface area contributed by atoms with E-state index in [1.165, 1.54) is 6.42 Å². The minimum Gasteiger partial charge on any atom is -0.450 e. The number of benzene rings is 1. The smallest absolute Gasteiger partial charge is 0.407 e. The molecule has 0 aliphatic heterocycles. The molecule has 0 bridgehead atoms. The number of anilines is 1. The molecule has 0 saturated heterocycles. The predicted octanol–water partition coefficient (Wildman–Crippen LogP) is 4.10. The van der Waals surface area contributed by atoms with E-state index in [1.807, 2.05) is 0 Å².